The van der Waals surface area contributed by atoms with E-state index >= 15 is 0 Å². The predicted molar refractivity (Wildman–Crippen MR) is 103 cm³/mol. The first kappa shape index (κ1) is 18.7. The van der Waals surface area contributed by atoms with Crippen LogP contribution in [-0.2, 0) is 14.8 Å². The van der Waals surface area contributed by atoms with Crippen LogP contribution in [0.2, 0.25) is 5.02 Å². The fourth-order valence-corrected chi connectivity index (χ4v) is 4.55. The van der Waals surface area contributed by atoms with Gasteiger partial charge < -0.3 is 4.90 Å². The highest BCUT2D eigenvalue weighted by molar-refractivity contribution is 7.92. The lowest BCUT2D eigenvalue weighted by molar-refractivity contribution is -0.130. The quantitative estimate of drug-likeness (QED) is 0.781. The zero-order valence-corrected chi connectivity index (χ0v) is 15.9. The number of piperidine rings is 1. The lowest BCUT2D eigenvalue weighted by Crippen LogP contribution is -2.44. The van der Waals surface area contributed by atoms with E-state index in [-0.39, 0.29) is 17.3 Å². The first-order valence-corrected chi connectivity index (χ1v) is 10.4. The third-order valence-corrected chi connectivity index (χ3v) is 6.47. The number of sulfonamides is 1. The average Bonchev–Trinajstić information content (AvgIpc) is 2.67. The lowest BCUT2D eigenvalue weighted by atomic mass is 10.1. The molecule has 0 spiro atoms. The Bertz CT molecular complexity index is 848. The Labute approximate surface area is 159 Å². The van der Waals surface area contributed by atoms with E-state index in [0.717, 1.165) is 19.3 Å². The van der Waals surface area contributed by atoms with Gasteiger partial charge in [0.2, 0.25) is 5.91 Å². The van der Waals surface area contributed by atoms with Crippen LogP contribution < -0.4 is 4.31 Å². The van der Waals surface area contributed by atoms with Crippen LogP contribution >= 0.6 is 11.6 Å². The van der Waals surface area contributed by atoms with Gasteiger partial charge in [0.25, 0.3) is 10.0 Å². The summed E-state index contributed by atoms with van der Waals surface area (Å²) in [5, 5.41) is 0.458. The van der Waals surface area contributed by atoms with Crippen molar-refractivity contribution in [2.75, 3.05) is 23.9 Å². The summed E-state index contributed by atoms with van der Waals surface area (Å²) in [6, 6.07) is 14.7. The first-order chi connectivity index (χ1) is 12.5. The number of rotatable bonds is 5. The Balaban J connectivity index is 1.93. The molecular formula is C19H21ClN2O3S. The van der Waals surface area contributed by atoms with Gasteiger partial charge in [0.15, 0.2) is 0 Å². The Morgan fingerprint density at radius 2 is 1.58 bits per heavy atom. The van der Waals surface area contributed by atoms with Crippen molar-refractivity contribution in [3.63, 3.8) is 0 Å². The number of carbonyl (C=O) groups excluding carboxylic acids is 1. The molecule has 0 aliphatic carbocycles. The normalized spacial score (nSPS) is 14.9. The standard InChI is InChI=1S/C19H21ClN2O3S/c20-16-9-11-18(12-10-16)26(24,25)22(17-7-3-1-4-8-17)15-19(23)21-13-5-2-6-14-21/h1,3-4,7-12H,2,5-6,13-15H2. The van der Waals surface area contributed by atoms with Crippen molar-refractivity contribution >= 4 is 33.2 Å². The maximum absolute atomic E-state index is 13.2. The minimum Gasteiger partial charge on any atom is -0.341 e. The lowest BCUT2D eigenvalue weighted by Gasteiger charge is -2.30. The van der Waals surface area contributed by atoms with Crippen LogP contribution in [0, 0.1) is 0 Å². The molecular weight excluding hydrogens is 372 g/mol. The Morgan fingerprint density at radius 1 is 0.962 bits per heavy atom. The predicted octanol–water partition coefficient (Wildman–Crippen LogP) is 3.55. The summed E-state index contributed by atoms with van der Waals surface area (Å²) < 4.78 is 27.5. The van der Waals surface area contributed by atoms with Crippen LogP contribution in [0.4, 0.5) is 5.69 Å². The topological polar surface area (TPSA) is 57.7 Å². The molecule has 0 atom stereocenters. The van der Waals surface area contributed by atoms with Gasteiger partial charge in [-0.15, -0.1) is 0 Å². The maximum atomic E-state index is 13.2. The van der Waals surface area contributed by atoms with Crippen molar-refractivity contribution in [3.05, 3.63) is 59.6 Å². The van der Waals surface area contributed by atoms with Crippen LogP contribution in [0.1, 0.15) is 19.3 Å². The number of benzene rings is 2. The summed E-state index contributed by atoms with van der Waals surface area (Å²) in [4.78, 5) is 14.6. The first-order valence-electron chi connectivity index (χ1n) is 8.59. The molecule has 138 valence electrons. The van der Waals surface area contributed by atoms with Crippen LogP contribution in [-0.4, -0.2) is 38.9 Å². The zero-order valence-electron chi connectivity index (χ0n) is 14.3. The Kier molecular flexibility index (Phi) is 5.84. The van der Waals surface area contributed by atoms with Crippen molar-refractivity contribution in [2.24, 2.45) is 0 Å². The number of carbonyl (C=O) groups is 1. The van der Waals surface area contributed by atoms with Crippen molar-refractivity contribution in [1.82, 2.24) is 4.90 Å². The molecule has 1 aliphatic rings. The molecule has 0 saturated carbocycles. The molecule has 0 radical (unpaired) electrons. The number of halogens is 1. The van der Waals surface area contributed by atoms with Gasteiger partial charge in [-0.1, -0.05) is 29.8 Å². The third-order valence-electron chi connectivity index (χ3n) is 4.43. The Hall–Kier alpha value is -2.05. The van der Waals surface area contributed by atoms with Crippen molar-refractivity contribution in [1.29, 1.82) is 0 Å². The molecule has 7 heteroatoms. The number of hydrogen-bond donors (Lipinski definition) is 0. The second-order valence-electron chi connectivity index (χ2n) is 6.24. The van der Waals surface area contributed by atoms with Gasteiger partial charge >= 0.3 is 0 Å². The van der Waals surface area contributed by atoms with Gasteiger partial charge in [0.05, 0.1) is 10.6 Å². The van der Waals surface area contributed by atoms with Gasteiger partial charge in [-0.3, -0.25) is 9.10 Å². The van der Waals surface area contributed by atoms with E-state index < -0.39 is 10.0 Å². The van der Waals surface area contributed by atoms with Crippen molar-refractivity contribution < 1.29 is 13.2 Å². The molecule has 1 fully saturated rings. The third kappa shape index (κ3) is 4.19. The molecule has 1 heterocycles. The number of hydrogen-bond acceptors (Lipinski definition) is 3. The van der Waals surface area contributed by atoms with Gasteiger partial charge in [-0.25, -0.2) is 8.42 Å². The number of anilines is 1. The molecule has 1 saturated heterocycles. The molecule has 26 heavy (non-hydrogen) atoms. The summed E-state index contributed by atoms with van der Waals surface area (Å²) in [7, 11) is -3.88. The summed E-state index contributed by atoms with van der Waals surface area (Å²) in [5.74, 6) is -0.175. The van der Waals surface area contributed by atoms with E-state index in [1.807, 2.05) is 6.07 Å². The second kappa shape index (κ2) is 8.10. The molecule has 0 aromatic heterocycles. The summed E-state index contributed by atoms with van der Waals surface area (Å²) in [6.07, 6.45) is 3.03. The fraction of sp³-hybridized carbons (Fsp3) is 0.316. The smallest absolute Gasteiger partial charge is 0.264 e. The molecule has 0 unspecified atom stereocenters. The van der Waals surface area contributed by atoms with E-state index in [1.54, 1.807) is 29.2 Å². The zero-order chi connectivity index (χ0) is 18.6. The number of nitrogens with zero attached hydrogens (tertiary/aromatic N) is 2. The highest BCUT2D eigenvalue weighted by Gasteiger charge is 2.29. The van der Waals surface area contributed by atoms with Crippen LogP contribution in [0.15, 0.2) is 59.5 Å². The van der Waals surface area contributed by atoms with Crippen molar-refractivity contribution in [3.8, 4) is 0 Å². The molecule has 3 rings (SSSR count). The number of para-hydroxylation sites is 1. The number of amides is 1. The largest absolute Gasteiger partial charge is 0.341 e. The van der Waals surface area contributed by atoms with Crippen LogP contribution in [0.25, 0.3) is 0 Å². The molecule has 2 aromatic carbocycles. The minimum atomic E-state index is -3.88. The second-order valence-corrected chi connectivity index (χ2v) is 8.54. The van der Waals surface area contributed by atoms with Gasteiger partial charge in [0.1, 0.15) is 6.54 Å². The molecule has 2 aromatic rings. The molecule has 1 amide bonds. The van der Waals surface area contributed by atoms with Gasteiger partial charge in [-0.2, -0.15) is 0 Å². The Morgan fingerprint density at radius 3 is 2.19 bits per heavy atom. The van der Waals surface area contributed by atoms with E-state index in [9.17, 15) is 13.2 Å². The summed E-state index contributed by atoms with van der Waals surface area (Å²) in [6.45, 7) is 1.15. The van der Waals surface area contributed by atoms with E-state index in [1.165, 1.54) is 28.6 Å². The van der Waals surface area contributed by atoms with Crippen LogP contribution in [0.5, 0.6) is 0 Å². The number of likely N-dealkylation sites (tertiary alicyclic amines) is 1. The molecule has 0 bridgehead atoms. The van der Waals surface area contributed by atoms with Gasteiger partial charge in [0, 0.05) is 18.1 Å². The average molecular weight is 393 g/mol. The maximum Gasteiger partial charge on any atom is 0.264 e. The monoisotopic (exact) mass is 392 g/mol. The van der Waals surface area contributed by atoms with E-state index in [4.69, 9.17) is 11.6 Å². The molecule has 5 nitrogen and oxygen atoms in total. The minimum absolute atomic E-state index is 0.109. The summed E-state index contributed by atoms with van der Waals surface area (Å²) >= 11 is 5.87. The highest BCUT2D eigenvalue weighted by Crippen LogP contribution is 2.25. The SMILES string of the molecule is O=C(CN(c1ccccc1)S(=O)(=O)c1ccc(Cl)cc1)N1CCCCC1. The molecule has 0 N–H and O–H groups in total. The highest BCUT2D eigenvalue weighted by atomic mass is 35.5. The molecule has 1 aliphatic heterocycles. The van der Waals surface area contributed by atoms with Crippen LogP contribution in [0.3, 0.4) is 0 Å². The van der Waals surface area contributed by atoms with E-state index in [2.05, 4.69) is 0 Å². The van der Waals surface area contributed by atoms with Crippen molar-refractivity contribution in [2.45, 2.75) is 24.2 Å². The van der Waals surface area contributed by atoms with E-state index in [0.29, 0.717) is 23.8 Å². The summed E-state index contributed by atoms with van der Waals surface area (Å²) in [5.41, 5.74) is 0.466. The van der Waals surface area contributed by atoms with Gasteiger partial charge in [-0.05, 0) is 55.7 Å². The fourth-order valence-electron chi connectivity index (χ4n) is 3.01.